The number of rotatable bonds is 9. The molecule has 8 heteroatoms. The lowest BCUT2D eigenvalue weighted by atomic mass is 9.84. The maximum atomic E-state index is 12.7. The number of amides is 2. The molecule has 0 aliphatic heterocycles. The number of methoxy groups -OCH3 is 2. The minimum atomic E-state index is -0.640. The maximum absolute atomic E-state index is 12.7. The molecule has 0 aliphatic carbocycles. The molecule has 3 N–H and O–H groups in total. The van der Waals surface area contributed by atoms with Gasteiger partial charge in [0.25, 0.3) is 11.8 Å². The number of hydrogen-bond acceptors (Lipinski definition) is 5. The zero-order chi connectivity index (χ0) is 21.6. The van der Waals surface area contributed by atoms with E-state index in [1.54, 1.807) is 6.07 Å². The van der Waals surface area contributed by atoms with Gasteiger partial charge in [-0.15, -0.1) is 0 Å². The first-order valence-electron chi connectivity index (χ1n) is 8.89. The lowest BCUT2D eigenvalue weighted by Crippen LogP contribution is -2.36. The van der Waals surface area contributed by atoms with Crippen LogP contribution in [0.4, 0.5) is 0 Å². The molecule has 0 fully saturated rings. The number of hydrogen-bond donors (Lipinski definition) is 2. The molecule has 156 valence electrons. The quantitative estimate of drug-likeness (QED) is 0.649. The van der Waals surface area contributed by atoms with Crippen LogP contribution in [0, 0.1) is 0 Å². The van der Waals surface area contributed by atoms with E-state index >= 15 is 0 Å². The van der Waals surface area contributed by atoms with E-state index in [0.717, 1.165) is 5.56 Å². The van der Waals surface area contributed by atoms with Gasteiger partial charge in [0, 0.05) is 22.5 Å². The predicted molar refractivity (Wildman–Crippen MR) is 111 cm³/mol. The van der Waals surface area contributed by atoms with Crippen LogP contribution in [0.3, 0.4) is 0 Å². The van der Waals surface area contributed by atoms with Crippen molar-refractivity contribution >= 4 is 23.4 Å². The lowest BCUT2D eigenvalue weighted by molar-refractivity contribution is -0.120. The molecule has 0 bridgehead atoms. The van der Waals surface area contributed by atoms with Crippen LogP contribution in [0.2, 0.25) is 5.02 Å². The Morgan fingerprint density at radius 1 is 1.10 bits per heavy atom. The fourth-order valence-electron chi connectivity index (χ4n) is 2.71. The summed E-state index contributed by atoms with van der Waals surface area (Å²) in [5, 5.41) is 3.56. The number of halogens is 1. The highest BCUT2D eigenvalue weighted by atomic mass is 35.5. The second-order valence-electron chi connectivity index (χ2n) is 7.04. The van der Waals surface area contributed by atoms with E-state index in [1.165, 1.54) is 26.4 Å². The van der Waals surface area contributed by atoms with Gasteiger partial charge in [-0.2, -0.15) is 0 Å². The number of primary amides is 1. The van der Waals surface area contributed by atoms with Crippen molar-refractivity contribution in [3.05, 3.63) is 52.5 Å². The second kappa shape index (κ2) is 9.52. The van der Waals surface area contributed by atoms with E-state index in [4.69, 9.17) is 31.5 Å². The highest BCUT2D eigenvalue weighted by Gasteiger charge is 2.23. The Morgan fingerprint density at radius 2 is 1.72 bits per heavy atom. The zero-order valence-electron chi connectivity index (χ0n) is 16.9. The summed E-state index contributed by atoms with van der Waals surface area (Å²) in [6.45, 7) is 4.07. The van der Waals surface area contributed by atoms with Crippen LogP contribution in [-0.4, -0.2) is 39.2 Å². The number of benzene rings is 2. The largest absolute Gasteiger partial charge is 0.493 e. The van der Waals surface area contributed by atoms with Crippen LogP contribution in [0.1, 0.15) is 29.8 Å². The molecule has 0 radical (unpaired) electrons. The molecule has 0 aliphatic rings. The number of carbonyl (C=O) groups excluding carboxylic acids is 2. The van der Waals surface area contributed by atoms with Gasteiger partial charge >= 0.3 is 0 Å². The summed E-state index contributed by atoms with van der Waals surface area (Å²) in [5.41, 5.74) is 6.12. The molecule has 0 atom stereocenters. The Hall–Kier alpha value is -2.93. The molecule has 0 unspecified atom stereocenters. The Bertz CT molecular complexity index is 873. The number of carbonyl (C=O) groups is 2. The Kier molecular flexibility index (Phi) is 7.34. The maximum Gasteiger partial charge on any atom is 0.255 e. The van der Waals surface area contributed by atoms with Crippen molar-refractivity contribution in [3.63, 3.8) is 0 Å². The molecule has 29 heavy (non-hydrogen) atoms. The monoisotopic (exact) mass is 420 g/mol. The van der Waals surface area contributed by atoms with Crippen LogP contribution in [-0.2, 0) is 10.2 Å². The van der Waals surface area contributed by atoms with Gasteiger partial charge < -0.3 is 25.3 Å². The predicted octanol–water partition coefficient (Wildman–Crippen LogP) is 2.93. The molecule has 0 saturated carbocycles. The van der Waals surface area contributed by atoms with E-state index in [-0.39, 0.29) is 35.2 Å². The van der Waals surface area contributed by atoms with Crippen LogP contribution in [0.25, 0.3) is 0 Å². The van der Waals surface area contributed by atoms with Gasteiger partial charge in [-0.1, -0.05) is 37.6 Å². The van der Waals surface area contributed by atoms with Crippen molar-refractivity contribution in [2.75, 3.05) is 27.4 Å². The van der Waals surface area contributed by atoms with Gasteiger partial charge in [-0.05, 0) is 29.8 Å². The molecule has 7 nitrogen and oxygen atoms in total. The summed E-state index contributed by atoms with van der Waals surface area (Å²) in [6, 6.07) is 10.6. The van der Waals surface area contributed by atoms with Crippen LogP contribution in [0.5, 0.6) is 17.2 Å². The van der Waals surface area contributed by atoms with Crippen molar-refractivity contribution in [1.29, 1.82) is 0 Å². The van der Waals surface area contributed by atoms with Crippen molar-refractivity contribution in [1.82, 2.24) is 5.32 Å². The summed E-state index contributed by atoms with van der Waals surface area (Å²) in [6.07, 6.45) is 0. The zero-order valence-corrected chi connectivity index (χ0v) is 17.6. The highest BCUT2D eigenvalue weighted by Crippen LogP contribution is 2.38. The number of nitrogens with two attached hydrogens (primary N) is 1. The SMILES string of the molecule is COc1cc(C(=O)NCC(C)(C)c2cccc(Cl)c2)cc(OC)c1OCC(N)=O. The molecule has 0 saturated heterocycles. The summed E-state index contributed by atoms with van der Waals surface area (Å²) >= 11 is 6.08. The van der Waals surface area contributed by atoms with Crippen molar-refractivity contribution < 1.29 is 23.8 Å². The molecule has 2 aromatic rings. The molecular weight excluding hydrogens is 396 g/mol. The van der Waals surface area contributed by atoms with E-state index < -0.39 is 5.91 Å². The van der Waals surface area contributed by atoms with E-state index in [2.05, 4.69) is 5.32 Å². The van der Waals surface area contributed by atoms with E-state index in [1.807, 2.05) is 32.0 Å². The van der Waals surface area contributed by atoms with Crippen molar-refractivity contribution in [3.8, 4) is 17.2 Å². The molecule has 2 rings (SSSR count). The summed E-state index contributed by atoms with van der Waals surface area (Å²) in [5.74, 6) is -0.239. The first-order chi connectivity index (χ1) is 13.7. The number of ether oxygens (including phenoxy) is 3. The Balaban J connectivity index is 2.20. The summed E-state index contributed by atoms with van der Waals surface area (Å²) < 4.78 is 15.9. The van der Waals surface area contributed by atoms with Crippen LogP contribution >= 0.6 is 11.6 Å². The van der Waals surface area contributed by atoms with Gasteiger partial charge in [-0.25, -0.2) is 0 Å². The van der Waals surface area contributed by atoms with Crippen LogP contribution < -0.4 is 25.3 Å². The van der Waals surface area contributed by atoms with E-state index in [9.17, 15) is 9.59 Å². The average Bonchev–Trinajstić information content (AvgIpc) is 2.69. The molecule has 0 heterocycles. The third-order valence-corrected chi connectivity index (χ3v) is 4.61. The molecule has 0 aromatic heterocycles. The van der Waals surface area contributed by atoms with Gasteiger partial charge in [0.2, 0.25) is 5.75 Å². The van der Waals surface area contributed by atoms with Gasteiger partial charge in [0.05, 0.1) is 14.2 Å². The third kappa shape index (κ3) is 5.77. The molecule has 2 aromatic carbocycles. The fraction of sp³-hybridized carbons (Fsp3) is 0.333. The second-order valence-corrected chi connectivity index (χ2v) is 7.48. The number of nitrogens with one attached hydrogen (secondary N) is 1. The standard InChI is InChI=1S/C21H25ClN2O5/c1-21(2,14-6-5-7-15(22)10-14)12-24-20(26)13-8-16(27-3)19(17(9-13)28-4)29-11-18(23)25/h5-10H,11-12H2,1-4H3,(H2,23,25)(H,24,26). The van der Waals surface area contributed by atoms with E-state index in [0.29, 0.717) is 17.1 Å². The highest BCUT2D eigenvalue weighted by molar-refractivity contribution is 6.30. The fourth-order valence-corrected chi connectivity index (χ4v) is 2.90. The smallest absolute Gasteiger partial charge is 0.255 e. The molecule has 2 amide bonds. The first-order valence-corrected chi connectivity index (χ1v) is 9.27. The van der Waals surface area contributed by atoms with Gasteiger partial charge in [0.1, 0.15) is 0 Å². The normalized spacial score (nSPS) is 10.9. The topological polar surface area (TPSA) is 99.9 Å². The minimum absolute atomic E-state index is 0.199. The molecular formula is C21H25ClN2O5. The summed E-state index contributed by atoms with van der Waals surface area (Å²) in [4.78, 5) is 23.7. The lowest BCUT2D eigenvalue weighted by Gasteiger charge is -2.26. The Morgan fingerprint density at radius 3 is 2.24 bits per heavy atom. The van der Waals surface area contributed by atoms with Crippen molar-refractivity contribution in [2.45, 2.75) is 19.3 Å². The van der Waals surface area contributed by atoms with Crippen LogP contribution in [0.15, 0.2) is 36.4 Å². The van der Waals surface area contributed by atoms with Crippen molar-refractivity contribution in [2.24, 2.45) is 5.73 Å². The van der Waals surface area contributed by atoms with Gasteiger partial charge in [0.15, 0.2) is 18.1 Å². The summed E-state index contributed by atoms with van der Waals surface area (Å²) in [7, 11) is 2.85. The van der Waals surface area contributed by atoms with Gasteiger partial charge in [-0.3, -0.25) is 9.59 Å². The third-order valence-electron chi connectivity index (χ3n) is 4.38. The average molecular weight is 421 g/mol. The molecule has 0 spiro atoms. The first kappa shape index (κ1) is 22.4. The minimum Gasteiger partial charge on any atom is -0.493 e. The Labute approximate surface area is 175 Å².